The molecule has 12 heavy (non-hydrogen) atoms. The lowest BCUT2D eigenvalue weighted by molar-refractivity contribution is -0.125. The van der Waals surface area contributed by atoms with Crippen LogP contribution in [0.2, 0.25) is 0 Å². The number of hydrogen-bond donors (Lipinski definition) is 1. The van der Waals surface area contributed by atoms with Gasteiger partial charge in [0.15, 0.2) is 6.17 Å². The molecule has 0 aromatic rings. The number of amides is 1. The first-order valence-electron chi connectivity index (χ1n) is 4.23. The molecule has 1 rings (SSSR count). The Labute approximate surface area is 71.7 Å². The van der Waals surface area contributed by atoms with Crippen molar-refractivity contribution in [1.29, 1.82) is 0 Å². The van der Waals surface area contributed by atoms with Gasteiger partial charge in [-0.25, -0.2) is 4.39 Å². The van der Waals surface area contributed by atoms with E-state index in [0.29, 0.717) is 0 Å². The Bertz CT molecular complexity index is 166. The van der Waals surface area contributed by atoms with E-state index in [1.54, 1.807) is 0 Å². The topological polar surface area (TPSA) is 46.3 Å². The molecule has 1 unspecified atom stereocenters. The lowest BCUT2D eigenvalue weighted by Crippen LogP contribution is -2.39. The highest BCUT2D eigenvalue weighted by atomic mass is 19.1. The number of alkyl halides is 1. The number of carbonyl (C=O) groups is 1. The molecule has 1 amide bonds. The maximum atomic E-state index is 13.0. The van der Waals surface area contributed by atoms with E-state index in [1.165, 1.54) is 0 Å². The first kappa shape index (κ1) is 9.45. The number of piperidine rings is 1. The van der Waals surface area contributed by atoms with Crippen LogP contribution in [0.3, 0.4) is 0 Å². The van der Waals surface area contributed by atoms with E-state index in [4.69, 9.17) is 5.73 Å². The zero-order valence-electron chi connectivity index (χ0n) is 7.29. The molecule has 1 atom stereocenters. The molecule has 1 saturated heterocycles. The van der Waals surface area contributed by atoms with Gasteiger partial charge < -0.3 is 10.6 Å². The van der Waals surface area contributed by atoms with Crippen molar-refractivity contribution in [2.45, 2.75) is 19.0 Å². The summed E-state index contributed by atoms with van der Waals surface area (Å²) in [5, 5.41) is 0. The van der Waals surface area contributed by atoms with Crippen LogP contribution in [0.15, 0.2) is 0 Å². The van der Waals surface area contributed by atoms with Gasteiger partial charge >= 0.3 is 0 Å². The van der Waals surface area contributed by atoms with Gasteiger partial charge in [-0.2, -0.15) is 0 Å². The van der Waals surface area contributed by atoms with Crippen LogP contribution in [0.4, 0.5) is 4.39 Å². The summed E-state index contributed by atoms with van der Waals surface area (Å²) in [5.74, 6) is -0.969. The van der Waals surface area contributed by atoms with Gasteiger partial charge in [-0.3, -0.25) is 4.79 Å². The molecule has 3 nitrogen and oxygen atoms in total. The number of nitrogens with zero attached hydrogens (tertiary/aromatic N) is 1. The predicted molar refractivity (Wildman–Crippen MR) is 44.3 cm³/mol. The van der Waals surface area contributed by atoms with Crippen LogP contribution in [0, 0.1) is 5.92 Å². The van der Waals surface area contributed by atoms with Crippen molar-refractivity contribution < 1.29 is 9.18 Å². The largest absolute Gasteiger partial charge is 0.367 e. The third-order valence-corrected chi connectivity index (χ3v) is 2.45. The molecule has 0 saturated carbocycles. The van der Waals surface area contributed by atoms with Gasteiger partial charge in [-0.05, 0) is 33.0 Å². The smallest absolute Gasteiger partial charge is 0.252 e. The van der Waals surface area contributed by atoms with E-state index < -0.39 is 12.1 Å². The van der Waals surface area contributed by atoms with Crippen molar-refractivity contribution in [2.24, 2.45) is 11.7 Å². The van der Waals surface area contributed by atoms with E-state index in [2.05, 4.69) is 4.90 Å². The Morgan fingerprint density at radius 3 is 2.50 bits per heavy atom. The number of likely N-dealkylation sites (tertiary alicyclic amines) is 1. The number of hydrogen-bond acceptors (Lipinski definition) is 2. The zero-order chi connectivity index (χ0) is 9.14. The maximum Gasteiger partial charge on any atom is 0.252 e. The summed E-state index contributed by atoms with van der Waals surface area (Å²) < 4.78 is 13.0. The fourth-order valence-electron chi connectivity index (χ4n) is 1.55. The van der Waals surface area contributed by atoms with Crippen LogP contribution >= 0.6 is 0 Å². The van der Waals surface area contributed by atoms with Crippen molar-refractivity contribution in [3.63, 3.8) is 0 Å². The zero-order valence-corrected chi connectivity index (χ0v) is 7.29. The second-order valence-electron chi connectivity index (χ2n) is 3.44. The molecule has 0 aromatic carbocycles. The highest BCUT2D eigenvalue weighted by Crippen LogP contribution is 2.21. The van der Waals surface area contributed by atoms with Gasteiger partial charge in [0.1, 0.15) is 0 Å². The minimum atomic E-state index is -1.45. The number of rotatable bonds is 2. The average Bonchev–Trinajstić information content (AvgIpc) is 2.04. The Morgan fingerprint density at radius 1 is 1.58 bits per heavy atom. The quantitative estimate of drug-likeness (QED) is 0.647. The van der Waals surface area contributed by atoms with Crippen molar-refractivity contribution in [3.8, 4) is 0 Å². The second kappa shape index (κ2) is 3.85. The van der Waals surface area contributed by atoms with Gasteiger partial charge in [0.2, 0.25) is 0 Å². The van der Waals surface area contributed by atoms with Gasteiger partial charge in [-0.15, -0.1) is 0 Å². The molecule has 1 fully saturated rings. The normalized spacial score (nSPS) is 23.8. The first-order valence-corrected chi connectivity index (χ1v) is 4.23. The van der Waals surface area contributed by atoms with E-state index in [-0.39, 0.29) is 5.92 Å². The summed E-state index contributed by atoms with van der Waals surface area (Å²) in [6, 6.07) is 0. The van der Waals surface area contributed by atoms with Crippen molar-refractivity contribution in [1.82, 2.24) is 4.90 Å². The van der Waals surface area contributed by atoms with Crippen molar-refractivity contribution >= 4 is 5.91 Å². The van der Waals surface area contributed by atoms with E-state index in [1.807, 2.05) is 7.05 Å². The van der Waals surface area contributed by atoms with Gasteiger partial charge in [-0.1, -0.05) is 0 Å². The molecule has 2 N–H and O–H groups in total. The molecule has 0 aromatic heterocycles. The Hall–Kier alpha value is -0.640. The predicted octanol–water partition coefficient (Wildman–Crippen LogP) is 0.152. The summed E-state index contributed by atoms with van der Waals surface area (Å²) >= 11 is 0. The van der Waals surface area contributed by atoms with Crippen LogP contribution in [0.25, 0.3) is 0 Å². The van der Waals surface area contributed by atoms with Gasteiger partial charge in [0.25, 0.3) is 5.91 Å². The van der Waals surface area contributed by atoms with Crippen molar-refractivity contribution in [3.05, 3.63) is 0 Å². The van der Waals surface area contributed by atoms with Crippen molar-refractivity contribution in [2.75, 3.05) is 20.1 Å². The number of nitrogens with two attached hydrogens (primary N) is 1. The monoisotopic (exact) mass is 174 g/mol. The van der Waals surface area contributed by atoms with Crippen LogP contribution in [0.5, 0.6) is 0 Å². The molecule has 1 heterocycles. The third kappa shape index (κ3) is 2.17. The van der Waals surface area contributed by atoms with E-state index in [0.717, 1.165) is 25.9 Å². The summed E-state index contributed by atoms with van der Waals surface area (Å²) in [5.41, 5.74) is 4.87. The molecular weight excluding hydrogens is 159 g/mol. The lowest BCUT2D eigenvalue weighted by atomic mass is 9.92. The molecule has 70 valence electrons. The summed E-state index contributed by atoms with van der Waals surface area (Å²) in [6.07, 6.45) is 0.0278. The fraction of sp³-hybridized carbons (Fsp3) is 0.875. The Kier molecular flexibility index (Phi) is 3.03. The van der Waals surface area contributed by atoms with Crippen LogP contribution in [-0.2, 0) is 4.79 Å². The SMILES string of the molecule is CN1CCC(C(F)C(N)=O)CC1. The minimum Gasteiger partial charge on any atom is -0.367 e. The van der Waals surface area contributed by atoms with Gasteiger partial charge in [0.05, 0.1) is 0 Å². The summed E-state index contributed by atoms with van der Waals surface area (Å²) in [6.45, 7) is 1.72. The molecule has 4 heteroatoms. The highest BCUT2D eigenvalue weighted by molar-refractivity contribution is 5.78. The van der Waals surface area contributed by atoms with E-state index >= 15 is 0 Å². The van der Waals surface area contributed by atoms with Crippen LogP contribution in [0.1, 0.15) is 12.8 Å². The highest BCUT2D eigenvalue weighted by Gasteiger charge is 2.28. The Morgan fingerprint density at radius 2 is 2.08 bits per heavy atom. The molecule has 0 aliphatic carbocycles. The lowest BCUT2D eigenvalue weighted by Gasteiger charge is -2.29. The van der Waals surface area contributed by atoms with Crippen LogP contribution in [-0.4, -0.2) is 37.1 Å². The third-order valence-electron chi connectivity index (χ3n) is 2.45. The number of halogens is 1. The van der Waals surface area contributed by atoms with Gasteiger partial charge in [0, 0.05) is 5.92 Å². The molecule has 0 spiro atoms. The molecule has 0 bridgehead atoms. The maximum absolute atomic E-state index is 13.0. The summed E-state index contributed by atoms with van der Waals surface area (Å²) in [7, 11) is 1.99. The first-order chi connectivity index (χ1) is 5.61. The number of primary amides is 1. The minimum absolute atomic E-state index is 0.154. The molecule has 1 aliphatic heterocycles. The second-order valence-corrected chi connectivity index (χ2v) is 3.44. The Balaban J connectivity index is 2.39. The molecule has 1 aliphatic rings. The molecule has 0 radical (unpaired) electrons. The van der Waals surface area contributed by atoms with E-state index in [9.17, 15) is 9.18 Å². The molecular formula is C8H15FN2O. The van der Waals surface area contributed by atoms with Crippen LogP contribution < -0.4 is 5.73 Å². The fourth-order valence-corrected chi connectivity index (χ4v) is 1.55. The summed E-state index contributed by atoms with van der Waals surface area (Å²) in [4.78, 5) is 12.6. The standard InChI is InChI=1S/C8H15FN2O/c1-11-4-2-6(3-5-11)7(9)8(10)12/h6-7H,2-5H2,1H3,(H2,10,12). The number of carbonyl (C=O) groups excluding carboxylic acids is 1. The average molecular weight is 174 g/mol.